The van der Waals surface area contributed by atoms with Crippen molar-refractivity contribution >= 4 is 44.9 Å². The van der Waals surface area contributed by atoms with Gasteiger partial charge in [0.1, 0.15) is 10.1 Å². The van der Waals surface area contributed by atoms with Crippen molar-refractivity contribution in [3.63, 3.8) is 0 Å². The van der Waals surface area contributed by atoms with Crippen molar-refractivity contribution in [1.29, 1.82) is 0 Å². The molecule has 0 aliphatic heterocycles. The molecule has 0 radical (unpaired) electrons. The summed E-state index contributed by atoms with van der Waals surface area (Å²) in [7, 11) is 3.76. The molecule has 1 aromatic carbocycles. The zero-order chi connectivity index (χ0) is 12.1. The van der Waals surface area contributed by atoms with Gasteiger partial charge in [0.15, 0.2) is 0 Å². The number of hydrogen-bond donors (Lipinski definition) is 0. The lowest BCUT2D eigenvalue weighted by Gasteiger charge is -2.13. The molecule has 0 spiro atoms. The van der Waals surface area contributed by atoms with E-state index in [1.807, 2.05) is 50.2 Å². The molecule has 0 aliphatic carbocycles. The fourth-order valence-corrected chi connectivity index (χ4v) is 2.07. The van der Waals surface area contributed by atoms with E-state index in [-0.39, 0.29) is 0 Å². The second-order valence-electron chi connectivity index (χ2n) is 3.43. The second-order valence-corrected chi connectivity index (χ2v) is 5.66. The van der Waals surface area contributed by atoms with Gasteiger partial charge in [0.25, 0.3) is 0 Å². The summed E-state index contributed by atoms with van der Waals surface area (Å²) in [6, 6.07) is 7.74. The minimum Gasteiger partial charge on any atom is -0.439 e. The fourth-order valence-electron chi connectivity index (χ4n) is 0.886. The van der Waals surface area contributed by atoms with Crippen LogP contribution in [0.4, 0.5) is 0 Å². The van der Waals surface area contributed by atoms with E-state index in [0.717, 1.165) is 5.75 Å². The van der Waals surface area contributed by atoms with Crippen LogP contribution in [0.15, 0.2) is 24.3 Å². The smallest absolute Gasteiger partial charge is 0.232 e. The third-order valence-electron chi connectivity index (χ3n) is 1.76. The highest BCUT2D eigenvalue weighted by Crippen LogP contribution is 2.17. The lowest BCUT2D eigenvalue weighted by atomic mass is 10.2. The van der Waals surface area contributed by atoms with Gasteiger partial charge in [0.2, 0.25) is 4.38 Å². The van der Waals surface area contributed by atoms with Crippen molar-refractivity contribution in [2.75, 3.05) is 14.1 Å². The monoisotopic (exact) mass is 271 g/mol. The van der Waals surface area contributed by atoms with E-state index < -0.39 is 0 Å². The van der Waals surface area contributed by atoms with Gasteiger partial charge in [-0.2, -0.15) is 0 Å². The van der Waals surface area contributed by atoms with Crippen molar-refractivity contribution < 1.29 is 4.74 Å². The first-order chi connectivity index (χ1) is 7.49. The molecule has 0 bridgehead atoms. The van der Waals surface area contributed by atoms with Crippen LogP contribution >= 0.6 is 36.2 Å². The van der Waals surface area contributed by atoms with Crippen LogP contribution in [-0.2, 0) is 0 Å². The Labute approximate surface area is 111 Å². The van der Waals surface area contributed by atoms with Gasteiger partial charge in [0.05, 0.1) is 0 Å². The Morgan fingerprint density at radius 1 is 1.19 bits per heavy atom. The molecule has 0 saturated carbocycles. The van der Waals surface area contributed by atoms with E-state index in [0.29, 0.717) is 8.70 Å². The maximum atomic E-state index is 5.47. The molecule has 0 saturated heterocycles. The lowest BCUT2D eigenvalue weighted by Crippen LogP contribution is -2.18. The van der Waals surface area contributed by atoms with Gasteiger partial charge < -0.3 is 9.64 Å². The number of nitrogens with zero attached hydrogens (tertiary/aromatic N) is 1. The molecule has 16 heavy (non-hydrogen) atoms. The first-order valence-corrected chi connectivity index (χ1v) is 6.30. The molecule has 0 N–H and O–H groups in total. The summed E-state index contributed by atoms with van der Waals surface area (Å²) in [4.78, 5) is 1.82. The third kappa shape index (κ3) is 4.47. The Hall–Kier alpha value is -0.650. The van der Waals surface area contributed by atoms with E-state index in [2.05, 4.69) is 0 Å². The fraction of sp³-hybridized carbons (Fsp3) is 0.273. The summed E-state index contributed by atoms with van der Waals surface area (Å²) in [6.07, 6.45) is 0. The molecule has 0 aliphatic rings. The van der Waals surface area contributed by atoms with Crippen LogP contribution in [0.2, 0.25) is 0 Å². The molecule has 0 aromatic heterocycles. The summed E-state index contributed by atoms with van der Waals surface area (Å²) in [5.41, 5.74) is 1.19. The van der Waals surface area contributed by atoms with E-state index in [9.17, 15) is 0 Å². The van der Waals surface area contributed by atoms with Gasteiger partial charge in [-0.15, -0.1) is 0 Å². The predicted octanol–water partition coefficient (Wildman–Crippen LogP) is 3.24. The lowest BCUT2D eigenvalue weighted by molar-refractivity contribution is 0.579. The van der Waals surface area contributed by atoms with Crippen molar-refractivity contribution in [3.05, 3.63) is 29.8 Å². The number of ether oxygens (including phenoxy) is 1. The normalized spacial score (nSPS) is 9.69. The zero-order valence-corrected chi connectivity index (χ0v) is 11.8. The number of benzene rings is 1. The number of aryl methyl sites for hydroxylation is 1. The Balaban J connectivity index is 2.52. The van der Waals surface area contributed by atoms with Gasteiger partial charge in [0, 0.05) is 14.1 Å². The summed E-state index contributed by atoms with van der Waals surface area (Å²) in [5, 5.41) is 0. The molecule has 0 fully saturated rings. The molecule has 86 valence electrons. The Morgan fingerprint density at radius 2 is 1.75 bits per heavy atom. The number of rotatable bonds is 1. The van der Waals surface area contributed by atoms with Gasteiger partial charge >= 0.3 is 0 Å². The molecule has 1 aromatic rings. The van der Waals surface area contributed by atoms with Crippen LogP contribution in [0.5, 0.6) is 5.75 Å². The van der Waals surface area contributed by atoms with Crippen LogP contribution in [0.25, 0.3) is 0 Å². The Kier molecular flexibility index (Phi) is 5.18. The molecule has 0 amide bonds. The standard InChI is InChI=1S/C11H13NOS3/c1-8-4-6-9(7-5-8)13-11(15)16-10(14)12(2)3/h4-7H,1-3H3. The van der Waals surface area contributed by atoms with Gasteiger partial charge in [-0.25, -0.2) is 0 Å². The highest BCUT2D eigenvalue weighted by atomic mass is 32.2. The quantitative estimate of drug-likeness (QED) is 0.725. The van der Waals surface area contributed by atoms with Crippen LogP contribution in [0, 0.1) is 6.92 Å². The first kappa shape index (κ1) is 13.4. The summed E-state index contributed by atoms with van der Waals surface area (Å²) < 4.78 is 6.58. The molecular weight excluding hydrogens is 258 g/mol. The Morgan fingerprint density at radius 3 is 2.25 bits per heavy atom. The number of thioether (sulfide) groups is 1. The van der Waals surface area contributed by atoms with Crippen molar-refractivity contribution in [3.8, 4) is 5.75 Å². The summed E-state index contributed by atoms with van der Waals surface area (Å²) >= 11 is 11.5. The SMILES string of the molecule is Cc1ccc(OC(=S)SC(=S)N(C)C)cc1. The number of hydrogen-bond acceptors (Lipinski definition) is 4. The molecule has 0 atom stereocenters. The van der Waals surface area contributed by atoms with E-state index in [4.69, 9.17) is 29.2 Å². The number of thiocarbonyl (C=S) groups is 2. The minimum atomic E-state index is 0.419. The predicted molar refractivity (Wildman–Crippen MR) is 78.3 cm³/mol. The van der Waals surface area contributed by atoms with Gasteiger partial charge in [-0.3, -0.25) is 0 Å². The molecule has 0 heterocycles. The average molecular weight is 271 g/mol. The maximum Gasteiger partial charge on any atom is 0.232 e. The topological polar surface area (TPSA) is 12.5 Å². The average Bonchev–Trinajstić information content (AvgIpc) is 2.21. The van der Waals surface area contributed by atoms with E-state index in [1.165, 1.54) is 17.3 Å². The highest BCUT2D eigenvalue weighted by molar-refractivity contribution is 8.37. The second kappa shape index (κ2) is 6.18. The minimum absolute atomic E-state index is 0.419. The van der Waals surface area contributed by atoms with Crippen LogP contribution in [0.1, 0.15) is 5.56 Å². The summed E-state index contributed by atoms with van der Waals surface area (Å²) in [6.45, 7) is 2.03. The first-order valence-electron chi connectivity index (χ1n) is 4.66. The van der Waals surface area contributed by atoms with Gasteiger partial charge in [-0.05, 0) is 43.0 Å². The van der Waals surface area contributed by atoms with Crippen molar-refractivity contribution in [2.45, 2.75) is 6.92 Å². The molecular formula is C11H13NOS3. The van der Waals surface area contributed by atoms with Crippen LogP contribution < -0.4 is 4.74 Å². The van der Waals surface area contributed by atoms with Crippen molar-refractivity contribution in [1.82, 2.24) is 4.90 Å². The maximum absolute atomic E-state index is 5.47. The van der Waals surface area contributed by atoms with Crippen LogP contribution in [0.3, 0.4) is 0 Å². The largest absolute Gasteiger partial charge is 0.439 e. The molecule has 0 unspecified atom stereocenters. The molecule has 5 heteroatoms. The van der Waals surface area contributed by atoms with E-state index in [1.54, 1.807) is 0 Å². The zero-order valence-electron chi connectivity index (χ0n) is 9.39. The van der Waals surface area contributed by atoms with Crippen molar-refractivity contribution in [2.24, 2.45) is 0 Å². The van der Waals surface area contributed by atoms with Gasteiger partial charge in [-0.1, -0.05) is 29.9 Å². The molecule has 2 nitrogen and oxygen atoms in total. The molecule has 1 rings (SSSR count). The Bertz CT molecular complexity index is 387. The van der Waals surface area contributed by atoms with E-state index >= 15 is 0 Å². The highest BCUT2D eigenvalue weighted by Gasteiger charge is 2.07. The third-order valence-corrected chi connectivity index (χ3v) is 3.50. The van der Waals surface area contributed by atoms with Crippen LogP contribution in [-0.4, -0.2) is 27.7 Å². The summed E-state index contributed by atoms with van der Waals surface area (Å²) in [5.74, 6) is 0.740.